The minimum Gasteiger partial charge on any atom is -0.453 e. The molecule has 100 valence electrons. The Balaban J connectivity index is 2.32. The molecule has 0 aromatic rings. The van der Waals surface area contributed by atoms with E-state index in [0.717, 1.165) is 12.8 Å². The van der Waals surface area contributed by atoms with E-state index in [-0.39, 0.29) is 17.8 Å². The Bertz CT molecular complexity index is 251. The van der Waals surface area contributed by atoms with Crippen LogP contribution in [0.5, 0.6) is 0 Å². The second kappa shape index (κ2) is 6.24. The van der Waals surface area contributed by atoms with Crippen molar-refractivity contribution in [3.8, 4) is 0 Å². The van der Waals surface area contributed by atoms with Gasteiger partial charge >= 0.3 is 6.09 Å². The van der Waals surface area contributed by atoms with Crippen LogP contribution in [0.1, 0.15) is 46.5 Å². The number of ether oxygens (including phenoxy) is 2. The second-order valence-electron chi connectivity index (χ2n) is 5.02. The molecule has 1 saturated heterocycles. The standard InChI is InChI=1S/C13H25NO3/c1-5-7-8-13(3,6-2)17-11-9-14(10-11)12(15)16-4/h11H,5-10H2,1-4H3. The highest BCUT2D eigenvalue weighted by Crippen LogP contribution is 2.27. The van der Waals surface area contributed by atoms with Crippen molar-refractivity contribution in [2.24, 2.45) is 0 Å². The van der Waals surface area contributed by atoms with Crippen molar-refractivity contribution in [3.05, 3.63) is 0 Å². The summed E-state index contributed by atoms with van der Waals surface area (Å²) >= 11 is 0. The molecule has 1 unspecified atom stereocenters. The van der Waals surface area contributed by atoms with Crippen LogP contribution in [0, 0.1) is 0 Å². The lowest BCUT2D eigenvalue weighted by Crippen LogP contribution is -2.57. The molecule has 1 aliphatic rings. The number of methoxy groups -OCH3 is 1. The minimum atomic E-state index is -0.253. The van der Waals surface area contributed by atoms with Crippen molar-refractivity contribution in [2.45, 2.75) is 58.2 Å². The van der Waals surface area contributed by atoms with Crippen molar-refractivity contribution in [2.75, 3.05) is 20.2 Å². The SMILES string of the molecule is CCCCC(C)(CC)OC1CN(C(=O)OC)C1. The summed E-state index contributed by atoms with van der Waals surface area (Å²) in [6.07, 6.45) is 4.42. The van der Waals surface area contributed by atoms with Crippen LogP contribution in [0.25, 0.3) is 0 Å². The summed E-state index contributed by atoms with van der Waals surface area (Å²) in [4.78, 5) is 12.9. The summed E-state index contributed by atoms with van der Waals surface area (Å²) in [5.74, 6) is 0. The van der Waals surface area contributed by atoms with Crippen LogP contribution in [0.4, 0.5) is 4.79 Å². The Morgan fingerprint density at radius 3 is 2.53 bits per heavy atom. The van der Waals surface area contributed by atoms with E-state index in [1.807, 2.05) is 0 Å². The quantitative estimate of drug-likeness (QED) is 0.720. The number of hydrogen-bond donors (Lipinski definition) is 0. The first-order chi connectivity index (χ1) is 8.04. The molecule has 0 saturated carbocycles. The topological polar surface area (TPSA) is 38.8 Å². The fraction of sp³-hybridized carbons (Fsp3) is 0.923. The first-order valence-electron chi connectivity index (χ1n) is 6.55. The molecular weight excluding hydrogens is 218 g/mol. The third-order valence-corrected chi connectivity index (χ3v) is 3.54. The summed E-state index contributed by atoms with van der Waals surface area (Å²) in [6.45, 7) is 7.84. The van der Waals surface area contributed by atoms with E-state index in [1.54, 1.807) is 4.90 Å². The molecule has 1 fully saturated rings. The van der Waals surface area contributed by atoms with Gasteiger partial charge in [-0.1, -0.05) is 26.7 Å². The zero-order valence-electron chi connectivity index (χ0n) is 11.5. The highest BCUT2D eigenvalue weighted by atomic mass is 16.6. The van der Waals surface area contributed by atoms with Gasteiger partial charge in [0.25, 0.3) is 0 Å². The summed E-state index contributed by atoms with van der Waals surface area (Å²) in [6, 6.07) is 0. The number of amides is 1. The normalized spacial score (nSPS) is 19.6. The van der Waals surface area contributed by atoms with E-state index >= 15 is 0 Å². The molecule has 0 spiro atoms. The largest absolute Gasteiger partial charge is 0.453 e. The number of rotatable bonds is 6. The van der Waals surface area contributed by atoms with E-state index in [2.05, 4.69) is 25.5 Å². The Morgan fingerprint density at radius 2 is 2.06 bits per heavy atom. The van der Waals surface area contributed by atoms with E-state index in [4.69, 9.17) is 4.74 Å². The van der Waals surface area contributed by atoms with Gasteiger partial charge in [-0.15, -0.1) is 0 Å². The number of nitrogens with zero attached hydrogens (tertiary/aromatic N) is 1. The molecular formula is C13H25NO3. The summed E-state index contributed by atoms with van der Waals surface area (Å²) < 4.78 is 10.8. The van der Waals surface area contributed by atoms with Crippen LogP contribution in [0.15, 0.2) is 0 Å². The van der Waals surface area contributed by atoms with Crippen LogP contribution in [0.3, 0.4) is 0 Å². The van der Waals surface area contributed by atoms with E-state index < -0.39 is 0 Å². The Labute approximate surface area is 104 Å². The number of likely N-dealkylation sites (tertiary alicyclic amines) is 1. The van der Waals surface area contributed by atoms with Gasteiger partial charge in [0.05, 0.1) is 31.9 Å². The zero-order valence-corrected chi connectivity index (χ0v) is 11.5. The van der Waals surface area contributed by atoms with Gasteiger partial charge in [0.15, 0.2) is 0 Å². The van der Waals surface area contributed by atoms with Gasteiger partial charge in [-0.25, -0.2) is 4.79 Å². The first-order valence-corrected chi connectivity index (χ1v) is 6.55. The molecule has 0 N–H and O–H groups in total. The maximum Gasteiger partial charge on any atom is 0.409 e. The molecule has 1 heterocycles. The van der Waals surface area contributed by atoms with Gasteiger partial charge in [-0.05, 0) is 19.8 Å². The Morgan fingerprint density at radius 1 is 1.41 bits per heavy atom. The van der Waals surface area contributed by atoms with Gasteiger partial charge < -0.3 is 14.4 Å². The second-order valence-corrected chi connectivity index (χ2v) is 5.02. The zero-order chi connectivity index (χ0) is 12.9. The van der Waals surface area contributed by atoms with E-state index in [0.29, 0.717) is 13.1 Å². The maximum atomic E-state index is 11.2. The summed E-state index contributed by atoms with van der Waals surface area (Å²) in [7, 11) is 1.41. The first kappa shape index (κ1) is 14.3. The van der Waals surface area contributed by atoms with Gasteiger partial charge in [0.2, 0.25) is 0 Å². The third kappa shape index (κ3) is 3.87. The number of unbranched alkanes of at least 4 members (excludes halogenated alkanes) is 1. The van der Waals surface area contributed by atoms with Gasteiger partial charge in [0, 0.05) is 0 Å². The van der Waals surface area contributed by atoms with Crippen LogP contribution in [0.2, 0.25) is 0 Å². The predicted molar refractivity (Wildman–Crippen MR) is 67.1 cm³/mol. The van der Waals surface area contributed by atoms with E-state index in [1.165, 1.54) is 20.0 Å². The highest BCUT2D eigenvalue weighted by Gasteiger charge is 2.36. The van der Waals surface area contributed by atoms with Gasteiger partial charge in [-0.2, -0.15) is 0 Å². The van der Waals surface area contributed by atoms with Crippen molar-refractivity contribution >= 4 is 6.09 Å². The number of carbonyl (C=O) groups excluding carboxylic acids is 1. The average molecular weight is 243 g/mol. The predicted octanol–water partition coefficient (Wildman–Crippen LogP) is 2.81. The smallest absolute Gasteiger partial charge is 0.409 e. The Kier molecular flexibility index (Phi) is 5.25. The molecule has 17 heavy (non-hydrogen) atoms. The molecule has 0 radical (unpaired) electrons. The average Bonchev–Trinajstić information content (AvgIpc) is 2.30. The number of hydrogen-bond acceptors (Lipinski definition) is 3. The summed E-state index contributed by atoms with van der Waals surface area (Å²) in [5, 5.41) is 0. The summed E-state index contributed by atoms with van der Waals surface area (Å²) in [5.41, 5.74) is -0.0388. The number of carbonyl (C=O) groups is 1. The van der Waals surface area contributed by atoms with Gasteiger partial charge in [0.1, 0.15) is 0 Å². The molecule has 1 atom stereocenters. The van der Waals surface area contributed by atoms with Crippen LogP contribution in [-0.4, -0.2) is 42.9 Å². The molecule has 1 amide bonds. The molecule has 0 aromatic heterocycles. The molecule has 4 heteroatoms. The third-order valence-electron chi connectivity index (χ3n) is 3.54. The lowest BCUT2D eigenvalue weighted by Gasteiger charge is -2.43. The maximum absolute atomic E-state index is 11.2. The van der Waals surface area contributed by atoms with Crippen LogP contribution >= 0.6 is 0 Å². The van der Waals surface area contributed by atoms with Crippen molar-refractivity contribution in [3.63, 3.8) is 0 Å². The fourth-order valence-corrected chi connectivity index (χ4v) is 2.06. The molecule has 1 aliphatic heterocycles. The molecule has 0 bridgehead atoms. The molecule has 4 nitrogen and oxygen atoms in total. The molecule has 0 aliphatic carbocycles. The van der Waals surface area contributed by atoms with Gasteiger partial charge in [-0.3, -0.25) is 0 Å². The monoisotopic (exact) mass is 243 g/mol. The highest BCUT2D eigenvalue weighted by molar-refractivity contribution is 5.68. The lowest BCUT2D eigenvalue weighted by molar-refractivity contribution is -0.137. The lowest BCUT2D eigenvalue weighted by atomic mass is 9.95. The van der Waals surface area contributed by atoms with Crippen LogP contribution < -0.4 is 0 Å². The van der Waals surface area contributed by atoms with Crippen molar-refractivity contribution in [1.29, 1.82) is 0 Å². The van der Waals surface area contributed by atoms with Crippen molar-refractivity contribution < 1.29 is 14.3 Å². The molecule has 1 rings (SSSR count). The van der Waals surface area contributed by atoms with E-state index in [9.17, 15) is 4.79 Å². The Hall–Kier alpha value is -0.770. The fourth-order valence-electron chi connectivity index (χ4n) is 2.06. The van der Waals surface area contributed by atoms with Crippen LogP contribution in [-0.2, 0) is 9.47 Å². The van der Waals surface area contributed by atoms with Crippen molar-refractivity contribution in [1.82, 2.24) is 4.90 Å². The minimum absolute atomic E-state index is 0.0388. The molecule has 0 aromatic carbocycles.